The maximum Gasteiger partial charge on any atom is 0.331 e. The molecule has 0 aromatic heterocycles. The Morgan fingerprint density at radius 1 is 1.14 bits per heavy atom. The zero-order chi connectivity index (χ0) is 21.2. The lowest BCUT2D eigenvalue weighted by molar-refractivity contribution is -0.384. The number of imide groups is 1. The van der Waals surface area contributed by atoms with Gasteiger partial charge in [-0.15, -0.1) is 0 Å². The molecular weight excluding hydrogens is 378 g/mol. The van der Waals surface area contributed by atoms with E-state index in [2.05, 4.69) is 10.6 Å². The number of carbonyl (C=O) groups is 3. The fourth-order valence-corrected chi connectivity index (χ4v) is 2.21. The van der Waals surface area contributed by atoms with Gasteiger partial charge in [0.2, 0.25) is 0 Å². The Hall–Kier alpha value is -4.01. The first-order valence-electron chi connectivity index (χ1n) is 8.61. The van der Waals surface area contributed by atoms with Crippen molar-refractivity contribution >= 4 is 29.7 Å². The van der Waals surface area contributed by atoms with Crippen LogP contribution < -0.4 is 10.6 Å². The van der Waals surface area contributed by atoms with E-state index in [1.807, 2.05) is 30.3 Å². The minimum absolute atomic E-state index is 0.116. The first kappa shape index (κ1) is 21.3. The average Bonchev–Trinajstić information content (AvgIpc) is 2.71. The summed E-state index contributed by atoms with van der Waals surface area (Å²) in [6.07, 6.45) is 1.16. The predicted octanol–water partition coefficient (Wildman–Crippen LogP) is 2.57. The zero-order valence-corrected chi connectivity index (χ0v) is 15.5. The van der Waals surface area contributed by atoms with E-state index in [9.17, 15) is 24.5 Å². The van der Waals surface area contributed by atoms with Gasteiger partial charge in [0.1, 0.15) is 0 Å². The van der Waals surface area contributed by atoms with Crippen LogP contribution in [0.4, 0.5) is 10.5 Å². The highest BCUT2D eigenvalue weighted by Gasteiger charge is 2.18. The number of nitrogens with zero attached hydrogens (tertiary/aromatic N) is 1. The molecule has 2 rings (SSSR count). The van der Waals surface area contributed by atoms with Crippen molar-refractivity contribution in [2.75, 3.05) is 0 Å². The Morgan fingerprint density at radius 3 is 2.55 bits per heavy atom. The van der Waals surface area contributed by atoms with E-state index >= 15 is 0 Å². The van der Waals surface area contributed by atoms with Crippen molar-refractivity contribution in [3.05, 3.63) is 81.9 Å². The number of rotatable bonds is 7. The molecule has 9 heteroatoms. The molecular formula is C20H19N3O6. The van der Waals surface area contributed by atoms with E-state index in [4.69, 9.17) is 4.74 Å². The molecule has 9 nitrogen and oxygen atoms in total. The molecule has 3 amide bonds. The fourth-order valence-electron chi connectivity index (χ4n) is 2.21. The monoisotopic (exact) mass is 397 g/mol. The van der Waals surface area contributed by atoms with Gasteiger partial charge in [-0.05, 0) is 24.1 Å². The van der Waals surface area contributed by atoms with Crippen molar-refractivity contribution in [1.82, 2.24) is 10.6 Å². The molecule has 29 heavy (non-hydrogen) atoms. The lowest BCUT2D eigenvalue weighted by Gasteiger charge is -2.12. The van der Waals surface area contributed by atoms with Crippen LogP contribution >= 0.6 is 0 Å². The van der Waals surface area contributed by atoms with E-state index in [1.54, 1.807) is 6.07 Å². The van der Waals surface area contributed by atoms with Gasteiger partial charge < -0.3 is 10.1 Å². The molecule has 2 N–H and O–H groups in total. The van der Waals surface area contributed by atoms with Crippen LogP contribution in [0.2, 0.25) is 0 Å². The molecule has 0 saturated heterocycles. The third kappa shape index (κ3) is 7.25. The fraction of sp³-hybridized carbons (Fsp3) is 0.150. The van der Waals surface area contributed by atoms with Gasteiger partial charge in [-0.25, -0.2) is 9.59 Å². The van der Waals surface area contributed by atoms with Gasteiger partial charge in [0, 0.05) is 24.8 Å². The van der Waals surface area contributed by atoms with Crippen molar-refractivity contribution < 1.29 is 24.0 Å². The summed E-state index contributed by atoms with van der Waals surface area (Å²) in [7, 11) is 0. The van der Waals surface area contributed by atoms with Gasteiger partial charge in [0.15, 0.2) is 6.10 Å². The number of non-ortho nitro benzene ring substituents is 1. The number of amides is 3. The molecule has 150 valence electrons. The number of nitro groups is 1. The summed E-state index contributed by atoms with van der Waals surface area (Å²) in [6.45, 7) is 1.55. The second kappa shape index (κ2) is 10.4. The summed E-state index contributed by atoms with van der Waals surface area (Å²) in [5.74, 6) is -1.61. The molecule has 0 heterocycles. The Morgan fingerprint density at radius 2 is 1.86 bits per heavy atom. The molecule has 0 fully saturated rings. The minimum Gasteiger partial charge on any atom is -0.449 e. The minimum atomic E-state index is -1.21. The number of carbonyl (C=O) groups excluding carboxylic acids is 3. The second-order valence-corrected chi connectivity index (χ2v) is 5.92. The number of hydrogen-bond donors (Lipinski definition) is 2. The third-order valence-corrected chi connectivity index (χ3v) is 3.69. The van der Waals surface area contributed by atoms with Crippen LogP contribution in [0.3, 0.4) is 0 Å². The van der Waals surface area contributed by atoms with Gasteiger partial charge in [0.05, 0.1) is 4.92 Å². The van der Waals surface area contributed by atoms with E-state index in [0.29, 0.717) is 5.56 Å². The highest BCUT2D eigenvalue weighted by atomic mass is 16.6. The number of hydrogen-bond acceptors (Lipinski definition) is 6. The summed E-state index contributed by atoms with van der Waals surface area (Å²) in [6, 6.07) is 14.1. The van der Waals surface area contributed by atoms with Crippen molar-refractivity contribution in [2.24, 2.45) is 0 Å². The molecule has 1 atom stereocenters. The van der Waals surface area contributed by atoms with Crippen LogP contribution in [0.5, 0.6) is 0 Å². The normalized spacial score (nSPS) is 11.5. The Kier molecular flexibility index (Phi) is 7.60. The molecule has 2 aromatic carbocycles. The smallest absolute Gasteiger partial charge is 0.331 e. The first-order chi connectivity index (χ1) is 13.8. The second-order valence-electron chi connectivity index (χ2n) is 5.92. The summed E-state index contributed by atoms with van der Waals surface area (Å²) in [4.78, 5) is 45.7. The van der Waals surface area contributed by atoms with Gasteiger partial charge in [-0.1, -0.05) is 42.5 Å². The number of urea groups is 1. The highest BCUT2D eigenvalue weighted by Crippen LogP contribution is 2.14. The van der Waals surface area contributed by atoms with E-state index < -0.39 is 28.9 Å². The Bertz CT molecular complexity index is 927. The van der Waals surface area contributed by atoms with E-state index in [1.165, 1.54) is 31.2 Å². The van der Waals surface area contributed by atoms with Crippen molar-refractivity contribution in [2.45, 2.75) is 19.6 Å². The van der Waals surface area contributed by atoms with Crippen LogP contribution in [-0.4, -0.2) is 28.9 Å². The van der Waals surface area contributed by atoms with Crippen LogP contribution in [0.25, 0.3) is 6.08 Å². The molecule has 1 unspecified atom stereocenters. The summed E-state index contributed by atoms with van der Waals surface area (Å²) in [5, 5.41) is 15.3. The van der Waals surface area contributed by atoms with Crippen LogP contribution in [0.15, 0.2) is 60.7 Å². The quantitative estimate of drug-likeness (QED) is 0.320. The molecule has 2 aromatic rings. The zero-order valence-electron chi connectivity index (χ0n) is 15.5. The molecule has 0 radical (unpaired) electrons. The number of esters is 1. The van der Waals surface area contributed by atoms with Gasteiger partial charge >= 0.3 is 12.0 Å². The van der Waals surface area contributed by atoms with Crippen molar-refractivity contribution in [3.63, 3.8) is 0 Å². The van der Waals surface area contributed by atoms with Gasteiger partial charge in [0.25, 0.3) is 11.6 Å². The Balaban J connectivity index is 1.80. The molecule has 0 spiro atoms. The number of benzene rings is 2. The maximum atomic E-state index is 11.9. The topological polar surface area (TPSA) is 128 Å². The van der Waals surface area contributed by atoms with Crippen molar-refractivity contribution in [1.29, 1.82) is 0 Å². The molecule has 0 aliphatic rings. The number of ether oxygens (including phenoxy) is 1. The number of nitrogens with one attached hydrogen (secondary N) is 2. The van der Waals surface area contributed by atoms with Crippen LogP contribution in [0.1, 0.15) is 18.1 Å². The highest BCUT2D eigenvalue weighted by molar-refractivity contribution is 5.98. The SMILES string of the molecule is CC(OC(=O)/C=C/c1cccc([N+](=O)[O-])c1)C(=O)NC(=O)NCc1ccccc1. The van der Waals surface area contributed by atoms with E-state index in [-0.39, 0.29) is 12.2 Å². The average molecular weight is 397 g/mol. The molecule has 0 aliphatic carbocycles. The van der Waals surface area contributed by atoms with E-state index in [0.717, 1.165) is 11.6 Å². The Labute approximate surface area is 166 Å². The van der Waals surface area contributed by atoms with Crippen molar-refractivity contribution in [3.8, 4) is 0 Å². The standard InChI is InChI=1S/C20H19N3O6/c1-14(19(25)22-20(26)21-13-16-6-3-2-4-7-16)29-18(24)11-10-15-8-5-9-17(12-15)23(27)28/h2-12,14H,13H2,1H3,(H2,21,22,25,26)/b11-10+. The summed E-state index contributed by atoms with van der Waals surface area (Å²) in [5.41, 5.74) is 1.17. The lowest BCUT2D eigenvalue weighted by Crippen LogP contribution is -2.44. The predicted molar refractivity (Wildman–Crippen MR) is 105 cm³/mol. The van der Waals surface area contributed by atoms with Gasteiger partial charge in [-0.3, -0.25) is 20.2 Å². The summed E-state index contributed by atoms with van der Waals surface area (Å²) >= 11 is 0. The molecule has 0 bridgehead atoms. The van der Waals surface area contributed by atoms with Crippen LogP contribution in [-0.2, 0) is 20.9 Å². The maximum absolute atomic E-state index is 11.9. The molecule has 0 saturated carbocycles. The lowest BCUT2D eigenvalue weighted by atomic mass is 10.2. The molecule has 0 aliphatic heterocycles. The first-order valence-corrected chi connectivity index (χ1v) is 8.61. The van der Waals surface area contributed by atoms with Crippen LogP contribution in [0, 0.1) is 10.1 Å². The third-order valence-electron chi connectivity index (χ3n) is 3.69. The van der Waals surface area contributed by atoms with Gasteiger partial charge in [-0.2, -0.15) is 0 Å². The largest absolute Gasteiger partial charge is 0.449 e. The number of nitro benzene ring substituents is 1. The summed E-state index contributed by atoms with van der Waals surface area (Å²) < 4.78 is 4.92.